The van der Waals surface area contributed by atoms with Crippen molar-refractivity contribution in [2.75, 3.05) is 31.1 Å². The van der Waals surface area contributed by atoms with E-state index in [1.54, 1.807) is 29.9 Å². The summed E-state index contributed by atoms with van der Waals surface area (Å²) in [6, 6.07) is 15.6. The number of rotatable bonds is 3. The monoisotopic (exact) mass is 398 g/mol. The molecule has 1 amide bonds. The minimum atomic E-state index is -0.298. The quantitative estimate of drug-likeness (QED) is 0.673. The first-order chi connectivity index (χ1) is 13.5. The zero-order valence-corrected chi connectivity index (χ0v) is 16.2. The molecule has 0 atom stereocenters. The van der Waals surface area contributed by atoms with Gasteiger partial charge in [0.2, 0.25) is 0 Å². The molecule has 28 heavy (non-hydrogen) atoms. The molecule has 1 aromatic heterocycles. The van der Waals surface area contributed by atoms with E-state index >= 15 is 0 Å². The molecule has 2 aromatic carbocycles. The average Bonchev–Trinajstić information content (AvgIpc) is 3.10. The molecule has 0 radical (unpaired) electrons. The molecule has 3 aromatic rings. The van der Waals surface area contributed by atoms with E-state index in [4.69, 9.17) is 11.6 Å². The van der Waals surface area contributed by atoms with Crippen molar-refractivity contribution in [2.24, 2.45) is 7.05 Å². The Bertz CT molecular complexity index is 994. The van der Waals surface area contributed by atoms with Gasteiger partial charge in [-0.25, -0.2) is 4.39 Å². The summed E-state index contributed by atoms with van der Waals surface area (Å²) in [6.45, 7) is 2.74. The standard InChI is InChI=1S/C21H20ClFN4O/c1-25-20(14-19(24-25)15-5-7-17(23)8-6-15)21(28)27-11-9-26(10-12-27)18-4-2-3-16(22)13-18/h2-8,13-14H,9-12H2,1H3. The largest absolute Gasteiger partial charge is 0.368 e. The van der Waals surface area contributed by atoms with Crippen molar-refractivity contribution in [1.82, 2.24) is 14.7 Å². The number of carbonyl (C=O) groups excluding carboxylic acids is 1. The van der Waals surface area contributed by atoms with Crippen molar-refractivity contribution in [2.45, 2.75) is 0 Å². The number of hydrogen-bond acceptors (Lipinski definition) is 3. The maximum absolute atomic E-state index is 13.1. The molecule has 144 valence electrons. The summed E-state index contributed by atoms with van der Waals surface area (Å²) in [4.78, 5) is 17.0. The van der Waals surface area contributed by atoms with Crippen molar-refractivity contribution in [3.05, 3.63) is 71.1 Å². The van der Waals surface area contributed by atoms with Crippen molar-refractivity contribution in [3.8, 4) is 11.3 Å². The van der Waals surface area contributed by atoms with Crippen LogP contribution in [0.5, 0.6) is 0 Å². The lowest BCUT2D eigenvalue weighted by atomic mass is 10.1. The second kappa shape index (κ2) is 7.64. The minimum absolute atomic E-state index is 0.0471. The normalized spacial score (nSPS) is 14.4. The number of carbonyl (C=O) groups is 1. The summed E-state index contributed by atoms with van der Waals surface area (Å²) >= 11 is 6.08. The van der Waals surface area contributed by atoms with E-state index in [0.29, 0.717) is 29.5 Å². The highest BCUT2D eigenvalue weighted by atomic mass is 35.5. The molecular formula is C21H20ClFN4O. The molecule has 0 aliphatic carbocycles. The van der Waals surface area contributed by atoms with E-state index in [2.05, 4.69) is 10.00 Å². The van der Waals surface area contributed by atoms with Gasteiger partial charge in [-0.2, -0.15) is 5.10 Å². The lowest BCUT2D eigenvalue weighted by Gasteiger charge is -2.36. The average molecular weight is 399 g/mol. The Hall–Kier alpha value is -2.86. The third-order valence-electron chi connectivity index (χ3n) is 4.98. The summed E-state index contributed by atoms with van der Waals surface area (Å²) < 4.78 is 14.7. The van der Waals surface area contributed by atoms with Crippen LogP contribution in [0.25, 0.3) is 11.3 Å². The Morgan fingerprint density at radius 1 is 1.04 bits per heavy atom. The van der Waals surface area contributed by atoms with Crippen molar-refractivity contribution in [1.29, 1.82) is 0 Å². The number of hydrogen-bond donors (Lipinski definition) is 0. The number of amides is 1. The molecule has 0 N–H and O–H groups in total. The Labute approximate surface area is 167 Å². The first-order valence-corrected chi connectivity index (χ1v) is 9.49. The lowest BCUT2D eigenvalue weighted by molar-refractivity contribution is 0.0735. The first kappa shape index (κ1) is 18.5. The van der Waals surface area contributed by atoms with Gasteiger partial charge in [-0.3, -0.25) is 9.48 Å². The van der Waals surface area contributed by atoms with Crippen LogP contribution in [0, 0.1) is 5.82 Å². The Balaban J connectivity index is 1.46. The number of anilines is 1. The molecule has 0 unspecified atom stereocenters. The van der Waals surface area contributed by atoms with Gasteiger partial charge in [-0.1, -0.05) is 17.7 Å². The highest BCUT2D eigenvalue weighted by Crippen LogP contribution is 2.23. The van der Waals surface area contributed by atoms with Crippen LogP contribution in [-0.2, 0) is 7.05 Å². The van der Waals surface area contributed by atoms with Crippen LogP contribution >= 0.6 is 11.6 Å². The summed E-state index contributed by atoms with van der Waals surface area (Å²) in [7, 11) is 1.75. The van der Waals surface area contributed by atoms with E-state index in [1.807, 2.05) is 29.2 Å². The van der Waals surface area contributed by atoms with Gasteiger partial charge < -0.3 is 9.80 Å². The summed E-state index contributed by atoms with van der Waals surface area (Å²) in [6.07, 6.45) is 0. The third kappa shape index (κ3) is 3.73. The molecule has 1 saturated heterocycles. The fraction of sp³-hybridized carbons (Fsp3) is 0.238. The van der Waals surface area contributed by atoms with Crippen LogP contribution < -0.4 is 4.90 Å². The third-order valence-corrected chi connectivity index (χ3v) is 5.21. The first-order valence-electron chi connectivity index (χ1n) is 9.11. The zero-order chi connectivity index (χ0) is 19.7. The number of benzene rings is 2. The van der Waals surface area contributed by atoms with Gasteiger partial charge in [-0.05, 0) is 48.5 Å². The fourth-order valence-electron chi connectivity index (χ4n) is 3.43. The molecule has 2 heterocycles. The summed E-state index contributed by atoms with van der Waals surface area (Å²) in [5, 5.41) is 5.13. The lowest BCUT2D eigenvalue weighted by Crippen LogP contribution is -2.49. The SMILES string of the molecule is Cn1nc(-c2ccc(F)cc2)cc1C(=O)N1CCN(c2cccc(Cl)c2)CC1. The Kier molecular flexibility index (Phi) is 5.05. The van der Waals surface area contributed by atoms with Gasteiger partial charge >= 0.3 is 0 Å². The van der Waals surface area contributed by atoms with E-state index in [0.717, 1.165) is 24.3 Å². The van der Waals surface area contributed by atoms with Gasteiger partial charge in [0.15, 0.2) is 0 Å². The molecule has 0 bridgehead atoms. The van der Waals surface area contributed by atoms with Crippen LogP contribution in [0.15, 0.2) is 54.6 Å². The molecule has 0 saturated carbocycles. The molecular weight excluding hydrogens is 379 g/mol. The highest BCUT2D eigenvalue weighted by Gasteiger charge is 2.25. The molecule has 1 aliphatic heterocycles. The van der Waals surface area contributed by atoms with E-state index in [1.165, 1.54) is 12.1 Å². The second-order valence-corrected chi connectivity index (χ2v) is 7.24. The fourth-order valence-corrected chi connectivity index (χ4v) is 3.62. The molecule has 0 spiro atoms. The Morgan fingerprint density at radius 3 is 2.43 bits per heavy atom. The molecule has 1 fully saturated rings. The minimum Gasteiger partial charge on any atom is -0.368 e. The van der Waals surface area contributed by atoms with Crippen molar-refractivity contribution >= 4 is 23.2 Å². The molecule has 5 nitrogen and oxygen atoms in total. The van der Waals surface area contributed by atoms with Crippen LogP contribution in [0.1, 0.15) is 10.5 Å². The van der Waals surface area contributed by atoms with E-state index < -0.39 is 0 Å². The summed E-state index contributed by atoms with van der Waals surface area (Å²) in [5.74, 6) is -0.345. The maximum Gasteiger partial charge on any atom is 0.272 e. The van der Waals surface area contributed by atoms with Crippen LogP contribution in [0.2, 0.25) is 5.02 Å². The van der Waals surface area contributed by atoms with Crippen molar-refractivity contribution < 1.29 is 9.18 Å². The molecule has 4 rings (SSSR count). The van der Waals surface area contributed by atoms with Gasteiger partial charge in [0, 0.05) is 49.5 Å². The maximum atomic E-state index is 13.1. The topological polar surface area (TPSA) is 41.4 Å². The number of aromatic nitrogens is 2. The number of halogens is 2. The van der Waals surface area contributed by atoms with Crippen molar-refractivity contribution in [3.63, 3.8) is 0 Å². The number of nitrogens with zero attached hydrogens (tertiary/aromatic N) is 4. The molecule has 1 aliphatic rings. The predicted octanol–water partition coefficient (Wildman–Crippen LogP) is 3.84. The van der Waals surface area contributed by atoms with Crippen LogP contribution in [0.4, 0.5) is 10.1 Å². The van der Waals surface area contributed by atoms with Crippen LogP contribution in [0.3, 0.4) is 0 Å². The number of piperazine rings is 1. The van der Waals surface area contributed by atoms with Gasteiger partial charge in [-0.15, -0.1) is 0 Å². The van der Waals surface area contributed by atoms with Gasteiger partial charge in [0.1, 0.15) is 11.5 Å². The second-order valence-electron chi connectivity index (χ2n) is 6.80. The predicted molar refractivity (Wildman–Crippen MR) is 108 cm³/mol. The van der Waals surface area contributed by atoms with Gasteiger partial charge in [0.25, 0.3) is 5.91 Å². The van der Waals surface area contributed by atoms with Gasteiger partial charge in [0.05, 0.1) is 5.69 Å². The van der Waals surface area contributed by atoms with Crippen LogP contribution in [-0.4, -0.2) is 46.8 Å². The Morgan fingerprint density at radius 2 is 1.75 bits per heavy atom. The summed E-state index contributed by atoms with van der Waals surface area (Å²) in [5.41, 5.74) is 3.03. The number of aryl methyl sites for hydroxylation is 1. The zero-order valence-electron chi connectivity index (χ0n) is 15.5. The molecule has 7 heteroatoms. The smallest absolute Gasteiger partial charge is 0.272 e. The highest BCUT2D eigenvalue weighted by molar-refractivity contribution is 6.30. The van der Waals surface area contributed by atoms with E-state index in [9.17, 15) is 9.18 Å². The van der Waals surface area contributed by atoms with E-state index in [-0.39, 0.29) is 11.7 Å².